The van der Waals surface area contributed by atoms with Gasteiger partial charge in [-0.3, -0.25) is 0 Å². The van der Waals surface area contributed by atoms with Crippen molar-refractivity contribution in [3.05, 3.63) is 0 Å². The summed E-state index contributed by atoms with van der Waals surface area (Å²) in [6.45, 7) is 1.98. The second-order valence-electron chi connectivity index (χ2n) is 3.29. The summed E-state index contributed by atoms with van der Waals surface area (Å²) in [7, 11) is -4.46. The highest BCUT2D eigenvalue weighted by atomic mass is 35.5. The van der Waals surface area contributed by atoms with Gasteiger partial charge in [-0.15, -0.1) is 11.6 Å². The Labute approximate surface area is 94.2 Å². The molecule has 0 rings (SSSR count). The maximum atomic E-state index is 12.0. The summed E-state index contributed by atoms with van der Waals surface area (Å²) in [4.78, 5) is 0. The molecule has 0 aliphatic heterocycles. The zero-order chi connectivity index (χ0) is 11.9. The molecule has 0 aromatic rings. The maximum Gasteiger partial charge on any atom is 0.350 e. The molecule has 0 fully saturated rings. The van der Waals surface area contributed by atoms with E-state index in [0.717, 1.165) is 12.8 Å². The van der Waals surface area contributed by atoms with Crippen molar-refractivity contribution in [2.75, 3.05) is 12.4 Å². The monoisotopic (exact) mass is 263 g/mol. The number of sulfonamides is 1. The first kappa shape index (κ1) is 15.1. The molecule has 0 saturated carbocycles. The van der Waals surface area contributed by atoms with E-state index in [1.54, 1.807) is 0 Å². The van der Waals surface area contributed by atoms with E-state index in [1.165, 1.54) is 0 Å². The van der Waals surface area contributed by atoms with Crippen molar-refractivity contribution in [2.24, 2.45) is 5.92 Å². The quantitative estimate of drug-likeness (QED) is 0.682. The molecule has 1 N–H and O–H groups in total. The van der Waals surface area contributed by atoms with E-state index in [-0.39, 0.29) is 12.5 Å². The Hall–Kier alpha value is 0.0600. The van der Waals surface area contributed by atoms with Crippen LogP contribution in [0.4, 0.5) is 8.78 Å². The molecule has 0 amide bonds. The average Bonchev–Trinajstić information content (AvgIpc) is 2.15. The van der Waals surface area contributed by atoms with Gasteiger partial charge in [-0.1, -0.05) is 13.3 Å². The highest BCUT2D eigenvalue weighted by molar-refractivity contribution is 7.89. The summed E-state index contributed by atoms with van der Waals surface area (Å²) in [5.41, 5.74) is 0. The smallest absolute Gasteiger partial charge is 0.210 e. The van der Waals surface area contributed by atoms with Crippen LogP contribution in [0.3, 0.4) is 0 Å². The van der Waals surface area contributed by atoms with E-state index >= 15 is 0 Å². The SMILES string of the molecule is CCCC(CCCl)CNS(=O)(=O)C(F)F. The Balaban J connectivity index is 4.09. The van der Waals surface area contributed by atoms with E-state index in [2.05, 4.69) is 0 Å². The number of alkyl halides is 3. The minimum Gasteiger partial charge on any atom is -0.210 e. The predicted octanol–water partition coefficient (Wildman–Crippen LogP) is 2.17. The van der Waals surface area contributed by atoms with Gasteiger partial charge in [0.2, 0.25) is 0 Å². The van der Waals surface area contributed by atoms with Crippen molar-refractivity contribution in [1.82, 2.24) is 4.72 Å². The van der Waals surface area contributed by atoms with Crippen LogP contribution in [0.1, 0.15) is 26.2 Å². The number of halogens is 3. The molecule has 1 atom stereocenters. The second-order valence-corrected chi connectivity index (χ2v) is 5.40. The molecule has 92 valence electrons. The molecule has 0 aliphatic carbocycles. The number of nitrogens with one attached hydrogen (secondary N) is 1. The van der Waals surface area contributed by atoms with Crippen LogP contribution in [0.5, 0.6) is 0 Å². The van der Waals surface area contributed by atoms with E-state index in [0.29, 0.717) is 12.3 Å². The molecular formula is C8H16ClF2NO2S. The van der Waals surface area contributed by atoms with Crippen molar-refractivity contribution >= 4 is 21.6 Å². The highest BCUT2D eigenvalue weighted by Gasteiger charge is 2.24. The summed E-state index contributed by atoms with van der Waals surface area (Å²) < 4.78 is 47.3. The summed E-state index contributed by atoms with van der Waals surface area (Å²) in [6.07, 6.45) is 2.28. The van der Waals surface area contributed by atoms with Crippen LogP contribution in [0.2, 0.25) is 0 Å². The molecule has 0 saturated heterocycles. The molecule has 0 aromatic carbocycles. The molecule has 15 heavy (non-hydrogen) atoms. The highest BCUT2D eigenvalue weighted by Crippen LogP contribution is 2.12. The van der Waals surface area contributed by atoms with Crippen molar-refractivity contribution < 1.29 is 17.2 Å². The van der Waals surface area contributed by atoms with Crippen LogP contribution in [-0.2, 0) is 10.0 Å². The summed E-state index contributed by atoms with van der Waals surface area (Å²) in [6, 6.07) is 0. The molecule has 0 aromatic heterocycles. The van der Waals surface area contributed by atoms with E-state index in [4.69, 9.17) is 11.6 Å². The van der Waals surface area contributed by atoms with E-state index < -0.39 is 15.8 Å². The molecule has 0 heterocycles. The molecule has 3 nitrogen and oxygen atoms in total. The normalized spacial score (nSPS) is 14.5. The third-order valence-electron chi connectivity index (χ3n) is 2.02. The Morgan fingerprint density at radius 3 is 2.33 bits per heavy atom. The van der Waals surface area contributed by atoms with E-state index in [1.807, 2.05) is 11.6 Å². The molecule has 0 radical (unpaired) electrons. The molecular weight excluding hydrogens is 248 g/mol. The van der Waals surface area contributed by atoms with E-state index in [9.17, 15) is 17.2 Å². The first-order chi connectivity index (χ1) is 6.94. The van der Waals surface area contributed by atoms with Crippen molar-refractivity contribution in [1.29, 1.82) is 0 Å². The second kappa shape index (κ2) is 7.35. The first-order valence-corrected chi connectivity index (χ1v) is 6.84. The van der Waals surface area contributed by atoms with Gasteiger partial charge in [-0.05, 0) is 18.8 Å². The first-order valence-electron chi connectivity index (χ1n) is 4.76. The average molecular weight is 264 g/mol. The van der Waals surface area contributed by atoms with Crippen LogP contribution in [-0.4, -0.2) is 26.6 Å². The summed E-state index contributed by atoms with van der Waals surface area (Å²) in [5.74, 6) is -2.93. The topological polar surface area (TPSA) is 46.2 Å². The van der Waals surface area contributed by atoms with Gasteiger partial charge in [0, 0.05) is 12.4 Å². The third-order valence-corrected chi connectivity index (χ3v) is 3.28. The van der Waals surface area contributed by atoms with Crippen molar-refractivity contribution in [2.45, 2.75) is 31.9 Å². The number of rotatable bonds is 8. The van der Waals surface area contributed by atoms with Gasteiger partial charge in [-0.25, -0.2) is 13.1 Å². The Bertz CT molecular complexity index is 253. The lowest BCUT2D eigenvalue weighted by Crippen LogP contribution is -2.33. The lowest BCUT2D eigenvalue weighted by molar-refractivity contribution is 0.231. The van der Waals surface area contributed by atoms with Gasteiger partial charge < -0.3 is 0 Å². The van der Waals surface area contributed by atoms with Crippen LogP contribution >= 0.6 is 11.6 Å². The predicted molar refractivity (Wildman–Crippen MR) is 56.7 cm³/mol. The molecule has 0 spiro atoms. The zero-order valence-corrected chi connectivity index (χ0v) is 10.1. The zero-order valence-electron chi connectivity index (χ0n) is 8.55. The lowest BCUT2D eigenvalue weighted by atomic mass is 10.0. The Morgan fingerprint density at radius 2 is 1.93 bits per heavy atom. The summed E-state index contributed by atoms with van der Waals surface area (Å²) >= 11 is 5.52. The fourth-order valence-corrected chi connectivity index (χ4v) is 2.11. The van der Waals surface area contributed by atoms with Crippen LogP contribution in [0.15, 0.2) is 0 Å². The van der Waals surface area contributed by atoms with Crippen LogP contribution in [0.25, 0.3) is 0 Å². The summed E-state index contributed by atoms with van der Waals surface area (Å²) in [5, 5.41) is 0. The third kappa shape index (κ3) is 6.27. The molecule has 0 bridgehead atoms. The molecule has 1 unspecified atom stereocenters. The molecule has 7 heteroatoms. The Kier molecular flexibility index (Phi) is 7.38. The van der Waals surface area contributed by atoms with Crippen LogP contribution in [0, 0.1) is 5.92 Å². The number of hydrogen-bond donors (Lipinski definition) is 1. The largest absolute Gasteiger partial charge is 0.350 e. The fraction of sp³-hybridized carbons (Fsp3) is 1.00. The molecule has 0 aliphatic rings. The van der Waals surface area contributed by atoms with Gasteiger partial charge in [0.15, 0.2) is 0 Å². The number of hydrogen-bond acceptors (Lipinski definition) is 2. The van der Waals surface area contributed by atoms with Gasteiger partial charge in [0.05, 0.1) is 0 Å². The minimum atomic E-state index is -4.46. The Morgan fingerprint density at radius 1 is 1.33 bits per heavy atom. The lowest BCUT2D eigenvalue weighted by Gasteiger charge is -2.15. The van der Waals surface area contributed by atoms with Gasteiger partial charge in [0.25, 0.3) is 10.0 Å². The fourth-order valence-electron chi connectivity index (χ4n) is 1.21. The van der Waals surface area contributed by atoms with Crippen molar-refractivity contribution in [3.8, 4) is 0 Å². The van der Waals surface area contributed by atoms with Crippen LogP contribution < -0.4 is 4.72 Å². The van der Waals surface area contributed by atoms with Crippen molar-refractivity contribution in [3.63, 3.8) is 0 Å². The van der Waals surface area contributed by atoms with Gasteiger partial charge in [0.1, 0.15) is 0 Å². The maximum absolute atomic E-state index is 12.0. The van der Waals surface area contributed by atoms with Gasteiger partial charge in [-0.2, -0.15) is 8.78 Å². The standard InChI is InChI=1S/C8H16ClF2NO2S/c1-2-3-7(4-5-9)6-12-15(13,14)8(10)11/h7-8,12H,2-6H2,1H3. The van der Waals surface area contributed by atoms with Gasteiger partial charge >= 0.3 is 5.76 Å². The minimum absolute atomic E-state index is 0.0287.